The van der Waals surface area contributed by atoms with Gasteiger partial charge in [-0.25, -0.2) is 5.32 Å². The van der Waals surface area contributed by atoms with Crippen molar-refractivity contribution >= 4 is 0 Å². The van der Waals surface area contributed by atoms with Gasteiger partial charge in [0.2, 0.25) is 0 Å². The van der Waals surface area contributed by atoms with Gasteiger partial charge in [-0.05, 0) is 6.42 Å². The van der Waals surface area contributed by atoms with Gasteiger partial charge in [0.25, 0.3) is 0 Å². The fraction of sp³-hybridized carbons (Fsp3) is 0.800. The zero-order chi connectivity index (χ0) is 10.9. The smallest absolute Gasteiger partial charge is 0.190 e. The summed E-state index contributed by atoms with van der Waals surface area (Å²) in [5.41, 5.74) is 0. The molecule has 1 saturated heterocycles. The minimum Gasteiger partial charge on any atom is -0.326 e. The van der Waals surface area contributed by atoms with Crippen LogP contribution >= 0.6 is 0 Å². The largest absolute Gasteiger partial charge is 0.326 e. The van der Waals surface area contributed by atoms with Crippen LogP contribution in [0.25, 0.3) is 0 Å². The van der Waals surface area contributed by atoms with Gasteiger partial charge >= 0.3 is 0 Å². The molecule has 1 rings (SSSR count). The van der Waals surface area contributed by atoms with Crippen LogP contribution in [0.1, 0.15) is 26.2 Å². The summed E-state index contributed by atoms with van der Waals surface area (Å²) in [5.74, 6) is 0. The number of nitriles is 2. The highest BCUT2D eigenvalue weighted by Crippen LogP contribution is 2.15. The molecule has 1 aliphatic rings. The first kappa shape index (κ1) is 12.7. The van der Waals surface area contributed by atoms with Crippen LogP contribution in [0.15, 0.2) is 0 Å². The third-order valence-electron chi connectivity index (χ3n) is 2.52. The molecule has 0 radical (unpaired) electrons. The molecule has 0 saturated carbocycles. The van der Waals surface area contributed by atoms with Gasteiger partial charge in [0, 0.05) is 12.8 Å². The summed E-state index contributed by atoms with van der Waals surface area (Å²) < 4.78 is 1.34. The summed E-state index contributed by atoms with van der Waals surface area (Å²) >= 11 is 0. The fourth-order valence-corrected chi connectivity index (χ4v) is 1.89. The molecular weight excluding hydrogens is 176 g/mol. The van der Waals surface area contributed by atoms with E-state index in [1.807, 2.05) is 0 Å². The molecule has 4 nitrogen and oxygen atoms in total. The number of quaternary nitrogens is 1. The summed E-state index contributed by atoms with van der Waals surface area (Å²) in [6.07, 6.45) is 7.07. The molecule has 0 spiro atoms. The first-order valence-corrected chi connectivity index (χ1v) is 5.05. The number of likely N-dealkylation sites (tertiary alicyclic amines) is 1. The molecule has 1 fully saturated rings. The Morgan fingerprint density at radius 1 is 1.21 bits per heavy atom. The average Bonchev–Trinajstić information content (AvgIpc) is 2.55. The van der Waals surface area contributed by atoms with Crippen molar-refractivity contribution in [2.45, 2.75) is 26.2 Å². The molecule has 0 amide bonds. The second kappa shape index (κ2) is 7.17. The van der Waals surface area contributed by atoms with Gasteiger partial charge in [-0.1, -0.05) is 6.92 Å². The van der Waals surface area contributed by atoms with Crippen LogP contribution < -0.4 is 5.32 Å². The van der Waals surface area contributed by atoms with E-state index in [1.165, 1.54) is 55.8 Å². The maximum atomic E-state index is 7.48. The molecular formula is C10H19N4+. The maximum Gasteiger partial charge on any atom is 0.190 e. The second-order valence-corrected chi connectivity index (χ2v) is 3.85. The van der Waals surface area contributed by atoms with Gasteiger partial charge in [-0.3, -0.25) is 0 Å². The molecule has 4 heteroatoms. The predicted molar refractivity (Wildman–Crippen MR) is 54.7 cm³/mol. The van der Waals surface area contributed by atoms with Gasteiger partial charge in [0.1, 0.15) is 0 Å². The Bertz CT molecular complexity index is 205. The number of nitrogens with one attached hydrogen (secondary N) is 1. The molecule has 0 unspecified atom stereocenters. The molecule has 1 N–H and O–H groups in total. The first-order valence-electron chi connectivity index (χ1n) is 5.05. The van der Waals surface area contributed by atoms with Gasteiger partial charge < -0.3 is 4.48 Å². The topological polar surface area (TPSA) is 59.6 Å². The van der Waals surface area contributed by atoms with E-state index in [9.17, 15) is 0 Å². The van der Waals surface area contributed by atoms with Crippen molar-refractivity contribution in [3.63, 3.8) is 0 Å². The minimum atomic E-state index is 1.34. The van der Waals surface area contributed by atoms with Gasteiger partial charge in [0.15, 0.2) is 12.4 Å². The highest BCUT2D eigenvalue weighted by Gasteiger charge is 2.24. The van der Waals surface area contributed by atoms with Crippen molar-refractivity contribution in [3.05, 3.63) is 0 Å². The number of nitrogens with zero attached hydrogens (tertiary/aromatic N) is 3. The zero-order valence-corrected chi connectivity index (χ0v) is 9.08. The Balaban J connectivity index is 0.000000292. The Hall–Kier alpha value is -1.26. The average molecular weight is 195 g/mol. The molecule has 0 bridgehead atoms. The van der Waals surface area contributed by atoms with Crippen molar-refractivity contribution in [2.24, 2.45) is 0 Å². The van der Waals surface area contributed by atoms with E-state index in [2.05, 4.69) is 14.0 Å². The highest BCUT2D eigenvalue weighted by atomic mass is 15.3. The Kier molecular flexibility index (Phi) is 6.53. The van der Waals surface area contributed by atoms with Crippen LogP contribution in [-0.2, 0) is 0 Å². The second-order valence-electron chi connectivity index (χ2n) is 3.85. The number of hydrogen-bond donors (Lipinski definition) is 1. The lowest BCUT2D eigenvalue weighted by atomic mass is 10.4. The fourth-order valence-electron chi connectivity index (χ4n) is 1.89. The van der Waals surface area contributed by atoms with E-state index in [-0.39, 0.29) is 0 Å². The lowest BCUT2D eigenvalue weighted by Crippen LogP contribution is -2.41. The normalized spacial score (nSPS) is 17.1. The van der Waals surface area contributed by atoms with E-state index >= 15 is 0 Å². The molecule has 1 aliphatic heterocycles. The van der Waals surface area contributed by atoms with Crippen LogP contribution in [-0.4, -0.2) is 31.2 Å². The monoisotopic (exact) mass is 195 g/mol. The lowest BCUT2D eigenvalue weighted by molar-refractivity contribution is -0.897. The Morgan fingerprint density at radius 2 is 1.71 bits per heavy atom. The minimum absolute atomic E-state index is 1.34. The van der Waals surface area contributed by atoms with Crippen molar-refractivity contribution < 1.29 is 4.48 Å². The summed E-state index contributed by atoms with van der Waals surface area (Å²) in [6, 6.07) is 0. The highest BCUT2D eigenvalue weighted by molar-refractivity contribution is 4.77. The van der Waals surface area contributed by atoms with Crippen LogP contribution in [0.4, 0.5) is 0 Å². The molecule has 14 heavy (non-hydrogen) atoms. The number of hydrogen-bond acceptors (Lipinski definition) is 3. The SMILES string of the molecule is CCC[N+]1(C)CCCC1.N#CNC#N. The summed E-state index contributed by atoms with van der Waals surface area (Å²) in [4.78, 5) is 0. The van der Waals surface area contributed by atoms with Crippen LogP contribution in [0, 0.1) is 22.9 Å². The Morgan fingerprint density at radius 3 is 2.00 bits per heavy atom. The predicted octanol–water partition coefficient (Wildman–Crippen LogP) is 1.17. The summed E-state index contributed by atoms with van der Waals surface area (Å²) in [7, 11) is 2.39. The van der Waals surface area contributed by atoms with Crippen LogP contribution in [0.2, 0.25) is 0 Å². The standard InChI is InChI=1S/C8H18N.C2HN3/c1-3-6-9(2)7-4-5-8-9;3-1-5-2-4/h3-8H2,1-2H3;5H/q+1;. The quantitative estimate of drug-likeness (QED) is 0.409. The van der Waals surface area contributed by atoms with E-state index in [1.54, 1.807) is 5.32 Å². The van der Waals surface area contributed by atoms with Gasteiger partial charge in [-0.2, -0.15) is 10.5 Å². The van der Waals surface area contributed by atoms with Crippen LogP contribution in [0.5, 0.6) is 0 Å². The Labute approximate surface area is 86.3 Å². The molecule has 0 aromatic heterocycles. The van der Waals surface area contributed by atoms with Gasteiger partial charge in [0.05, 0.1) is 26.7 Å². The van der Waals surface area contributed by atoms with Crippen molar-refractivity contribution in [2.75, 3.05) is 26.7 Å². The number of rotatable bonds is 2. The van der Waals surface area contributed by atoms with E-state index < -0.39 is 0 Å². The summed E-state index contributed by atoms with van der Waals surface area (Å²) in [6.45, 7) is 6.52. The van der Waals surface area contributed by atoms with Crippen molar-refractivity contribution in [3.8, 4) is 12.4 Å². The molecule has 1 heterocycles. The van der Waals surface area contributed by atoms with Crippen molar-refractivity contribution in [1.29, 1.82) is 10.5 Å². The molecule has 78 valence electrons. The van der Waals surface area contributed by atoms with Crippen LogP contribution in [0.3, 0.4) is 0 Å². The summed E-state index contributed by atoms with van der Waals surface area (Å²) in [5, 5.41) is 16.7. The van der Waals surface area contributed by atoms with E-state index in [4.69, 9.17) is 10.5 Å². The van der Waals surface area contributed by atoms with E-state index in [0.717, 1.165) is 0 Å². The first-order chi connectivity index (χ1) is 6.68. The maximum absolute atomic E-state index is 7.48. The lowest BCUT2D eigenvalue weighted by Gasteiger charge is -2.28. The molecule has 0 aromatic rings. The third kappa shape index (κ3) is 5.40. The molecule has 0 aliphatic carbocycles. The molecule has 0 aromatic carbocycles. The van der Waals surface area contributed by atoms with E-state index in [0.29, 0.717) is 0 Å². The van der Waals surface area contributed by atoms with Gasteiger partial charge in [-0.15, -0.1) is 0 Å². The zero-order valence-electron chi connectivity index (χ0n) is 9.08. The third-order valence-corrected chi connectivity index (χ3v) is 2.52. The van der Waals surface area contributed by atoms with Crippen molar-refractivity contribution in [1.82, 2.24) is 5.32 Å². The molecule has 0 atom stereocenters.